The monoisotopic (exact) mass is 208 g/mol. The first-order valence-electron chi connectivity index (χ1n) is 4.30. The number of carboxylic acids is 1. The second kappa shape index (κ2) is 3.52. The normalized spacial score (nSPS) is 10.5. The van der Waals surface area contributed by atoms with E-state index >= 15 is 0 Å². The number of aromatic nitrogens is 4. The highest BCUT2D eigenvalue weighted by Gasteiger charge is 2.15. The largest absolute Gasteiger partial charge is 0.475 e. The molecule has 0 fully saturated rings. The zero-order valence-electron chi connectivity index (χ0n) is 7.91. The van der Waals surface area contributed by atoms with Crippen LogP contribution in [-0.4, -0.2) is 31.0 Å². The molecular weight excluding hydrogens is 200 g/mol. The summed E-state index contributed by atoms with van der Waals surface area (Å²) in [6.07, 6.45) is 1.38. The third kappa shape index (κ3) is 1.58. The van der Waals surface area contributed by atoms with Crippen LogP contribution in [0.3, 0.4) is 0 Å². The summed E-state index contributed by atoms with van der Waals surface area (Å²) in [6, 6.07) is 1.32. The lowest BCUT2D eigenvalue weighted by Crippen LogP contribution is -1.99. The Balaban J connectivity index is 2.41. The van der Waals surface area contributed by atoms with Gasteiger partial charge in [-0.15, -0.1) is 0 Å². The van der Waals surface area contributed by atoms with Crippen molar-refractivity contribution < 1.29 is 14.4 Å². The molecule has 2 heterocycles. The Kier molecular flexibility index (Phi) is 2.20. The van der Waals surface area contributed by atoms with Crippen molar-refractivity contribution in [3.63, 3.8) is 0 Å². The number of carbonyl (C=O) groups is 1. The molecule has 7 nitrogen and oxygen atoms in total. The van der Waals surface area contributed by atoms with Gasteiger partial charge in [0.1, 0.15) is 6.33 Å². The predicted molar refractivity (Wildman–Crippen MR) is 48.2 cm³/mol. The number of hydrogen-bond donors (Lipinski definition) is 1. The maximum Gasteiger partial charge on any atom is 0.374 e. The third-order valence-corrected chi connectivity index (χ3v) is 1.87. The van der Waals surface area contributed by atoms with E-state index in [1.165, 1.54) is 12.4 Å². The van der Waals surface area contributed by atoms with Gasteiger partial charge < -0.3 is 9.63 Å². The number of aromatic carboxylic acids is 1. The summed E-state index contributed by atoms with van der Waals surface area (Å²) in [5.74, 6) is -0.874. The van der Waals surface area contributed by atoms with Crippen molar-refractivity contribution in [2.45, 2.75) is 13.5 Å². The van der Waals surface area contributed by atoms with E-state index in [0.29, 0.717) is 18.1 Å². The van der Waals surface area contributed by atoms with Crippen LogP contribution in [0.15, 0.2) is 16.9 Å². The van der Waals surface area contributed by atoms with E-state index in [0.717, 1.165) is 0 Å². The van der Waals surface area contributed by atoms with Crippen LogP contribution in [0.25, 0.3) is 11.5 Å². The van der Waals surface area contributed by atoms with Gasteiger partial charge in [0.2, 0.25) is 5.76 Å². The van der Waals surface area contributed by atoms with Crippen molar-refractivity contribution in [2.75, 3.05) is 0 Å². The number of rotatable bonds is 3. The van der Waals surface area contributed by atoms with Crippen molar-refractivity contribution in [3.05, 3.63) is 18.2 Å². The molecule has 0 aliphatic rings. The average molecular weight is 208 g/mol. The first-order valence-corrected chi connectivity index (χ1v) is 4.30. The highest BCUT2D eigenvalue weighted by molar-refractivity contribution is 5.85. The van der Waals surface area contributed by atoms with Crippen LogP contribution in [0.4, 0.5) is 0 Å². The fraction of sp³-hybridized carbons (Fsp3) is 0.250. The minimum Gasteiger partial charge on any atom is -0.475 e. The fourth-order valence-electron chi connectivity index (χ4n) is 1.18. The van der Waals surface area contributed by atoms with Gasteiger partial charge in [-0.2, -0.15) is 5.10 Å². The minimum absolute atomic E-state index is 0.212. The molecule has 0 amide bonds. The smallest absolute Gasteiger partial charge is 0.374 e. The molecule has 0 bridgehead atoms. The van der Waals surface area contributed by atoms with Crippen molar-refractivity contribution in [1.29, 1.82) is 0 Å². The third-order valence-electron chi connectivity index (χ3n) is 1.87. The second-order valence-electron chi connectivity index (χ2n) is 2.78. The Hall–Kier alpha value is -2.18. The lowest BCUT2D eigenvalue weighted by atomic mass is 10.3. The van der Waals surface area contributed by atoms with Gasteiger partial charge in [-0.3, -0.25) is 0 Å². The van der Waals surface area contributed by atoms with Gasteiger partial charge in [0.15, 0.2) is 11.5 Å². The molecule has 0 aliphatic carbocycles. The summed E-state index contributed by atoms with van der Waals surface area (Å²) >= 11 is 0. The van der Waals surface area contributed by atoms with Crippen LogP contribution >= 0.6 is 0 Å². The molecule has 0 aromatic carbocycles. The zero-order valence-corrected chi connectivity index (χ0v) is 7.91. The highest BCUT2D eigenvalue weighted by Crippen LogP contribution is 2.15. The molecule has 1 N–H and O–H groups in total. The lowest BCUT2D eigenvalue weighted by molar-refractivity contribution is 0.0652. The molecule has 0 aliphatic heterocycles. The van der Waals surface area contributed by atoms with E-state index in [-0.39, 0.29) is 5.76 Å². The van der Waals surface area contributed by atoms with Gasteiger partial charge in [-0.05, 0) is 6.92 Å². The van der Waals surface area contributed by atoms with E-state index in [1.807, 2.05) is 6.92 Å². The Morgan fingerprint density at radius 2 is 2.47 bits per heavy atom. The summed E-state index contributed by atoms with van der Waals surface area (Å²) in [4.78, 5) is 14.5. The molecular formula is C8H8N4O3. The second-order valence-corrected chi connectivity index (χ2v) is 2.78. The fourth-order valence-corrected chi connectivity index (χ4v) is 1.18. The molecule has 0 spiro atoms. The first-order chi connectivity index (χ1) is 7.22. The highest BCUT2D eigenvalue weighted by atomic mass is 16.5. The maximum absolute atomic E-state index is 10.6. The van der Waals surface area contributed by atoms with E-state index in [9.17, 15) is 4.79 Å². The number of nitrogens with zero attached hydrogens (tertiary/aromatic N) is 4. The predicted octanol–water partition coefficient (Wildman–Crippen LogP) is 0.651. The lowest BCUT2D eigenvalue weighted by Gasteiger charge is -1.96. The average Bonchev–Trinajstić information content (AvgIpc) is 2.85. The molecule has 0 unspecified atom stereocenters. The van der Waals surface area contributed by atoms with E-state index in [1.54, 1.807) is 4.68 Å². The standard InChI is InChI=1S/C8H8N4O3/c1-2-12-7(9-4-10-12)5-3-6(8(13)14)15-11-5/h3-4H,2H2,1H3,(H,13,14). The zero-order chi connectivity index (χ0) is 10.8. The Bertz CT molecular complexity index is 488. The van der Waals surface area contributed by atoms with Gasteiger partial charge >= 0.3 is 5.97 Å². The number of hydrogen-bond acceptors (Lipinski definition) is 5. The molecule has 15 heavy (non-hydrogen) atoms. The molecule has 2 rings (SSSR count). The van der Waals surface area contributed by atoms with Gasteiger partial charge in [-0.25, -0.2) is 14.5 Å². The van der Waals surface area contributed by atoms with Gasteiger partial charge in [0.25, 0.3) is 0 Å². The Morgan fingerprint density at radius 1 is 1.67 bits per heavy atom. The van der Waals surface area contributed by atoms with Gasteiger partial charge in [0.05, 0.1) is 0 Å². The van der Waals surface area contributed by atoms with Crippen LogP contribution in [0.1, 0.15) is 17.5 Å². The molecule has 0 saturated carbocycles. The maximum atomic E-state index is 10.6. The summed E-state index contributed by atoms with van der Waals surface area (Å²) in [5, 5.41) is 16.2. The van der Waals surface area contributed by atoms with E-state index in [4.69, 9.17) is 5.11 Å². The Morgan fingerprint density at radius 3 is 3.07 bits per heavy atom. The van der Waals surface area contributed by atoms with Crippen molar-refractivity contribution in [2.24, 2.45) is 0 Å². The Labute approximate surface area is 84.3 Å². The van der Waals surface area contributed by atoms with Crippen LogP contribution < -0.4 is 0 Å². The molecule has 0 radical (unpaired) electrons. The van der Waals surface area contributed by atoms with Crippen LogP contribution in [0.2, 0.25) is 0 Å². The van der Waals surface area contributed by atoms with Gasteiger partial charge in [0, 0.05) is 12.6 Å². The molecule has 7 heteroatoms. The number of aryl methyl sites for hydroxylation is 1. The van der Waals surface area contributed by atoms with Crippen molar-refractivity contribution in [1.82, 2.24) is 19.9 Å². The molecule has 78 valence electrons. The van der Waals surface area contributed by atoms with Crippen molar-refractivity contribution >= 4 is 5.97 Å². The van der Waals surface area contributed by atoms with Crippen LogP contribution in [-0.2, 0) is 6.54 Å². The summed E-state index contributed by atoms with van der Waals surface area (Å²) < 4.78 is 6.22. The quantitative estimate of drug-likeness (QED) is 0.795. The molecule has 0 saturated heterocycles. The van der Waals surface area contributed by atoms with Gasteiger partial charge in [-0.1, -0.05) is 5.16 Å². The van der Waals surface area contributed by atoms with E-state index in [2.05, 4.69) is 19.8 Å². The molecule has 0 atom stereocenters. The van der Waals surface area contributed by atoms with Crippen molar-refractivity contribution in [3.8, 4) is 11.5 Å². The SMILES string of the molecule is CCn1ncnc1-c1cc(C(=O)O)on1. The number of carboxylic acid groups (broad SMARTS) is 1. The van der Waals surface area contributed by atoms with E-state index < -0.39 is 5.97 Å². The molecule has 2 aromatic rings. The summed E-state index contributed by atoms with van der Waals surface area (Å²) in [7, 11) is 0. The summed E-state index contributed by atoms with van der Waals surface area (Å²) in [5.41, 5.74) is 0.367. The first kappa shape index (κ1) is 9.38. The van der Waals surface area contributed by atoms with Crippen LogP contribution in [0.5, 0.6) is 0 Å². The topological polar surface area (TPSA) is 94.0 Å². The molecule has 2 aromatic heterocycles. The summed E-state index contributed by atoms with van der Waals surface area (Å²) in [6.45, 7) is 2.53. The minimum atomic E-state index is -1.16. The van der Waals surface area contributed by atoms with Crippen LogP contribution in [0, 0.1) is 0 Å².